The molecule has 1 atom stereocenters. The minimum atomic E-state index is -4.28. The molecule has 2 rings (SSSR count). The summed E-state index contributed by atoms with van der Waals surface area (Å²) in [5, 5.41) is 12.9. The average molecular weight is 313 g/mol. The third kappa shape index (κ3) is 4.60. The number of anilines is 1. The van der Waals surface area contributed by atoms with Crippen LogP contribution < -0.4 is 5.32 Å². The van der Waals surface area contributed by atoms with Crippen LogP contribution in [0.2, 0.25) is 0 Å². The molecule has 0 bridgehead atoms. The highest BCUT2D eigenvalue weighted by Crippen LogP contribution is 2.37. The van der Waals surface area contributed by atoms with Crippen LogP contribution in [0.5, 0.6) is 5.75 Å². The Labute approximate surface area is 125 Å². The summed E-state index contributed by atoms with van der Waals surface area (Å²) in [6.45, 7) is 1.87. The summed E-state index contributed by atoms with van der Waals surface area (Å²) in [4.78, 5) is 0.142. The second-order valence-corrected chi connectivity index (χ2v) is 5.64. The third-order valence-corrected chi connectivity index (χ3v) is 3.61. The van der Waals surface area contributed by atoms with Crippen molar-refractivity contribution in [1.29, 1.82) is 0 Å². The number of alkyl halides is 3. The van der Waals surface area contributed by atoms with Crippen molar-refractivity contribution in [3.05, 3.63) is 54.1 Å². The lowest BCUT2D eigenvalue weighted by Crippen LogP contribution is -2.06. The van der Waals surface area contributed by atoms with Crippen LogP contribution in [0, 0.1) is 0 Å². The normalized spacial score (nSPS) is 13.0. The summed E-state index contributed by atoms with van der Waals surface area (Å²) in [5.74, 6) is 0.182. The first kappa shape index (κ1) is 15.6. The fourth-order valence-electron chi connectivity index (χ4n) is 1.93. The first-order chi connectivity index (χ1) is 9.85. The molecule has 2 nitrogen and oxygen atoms in total. The van der Waals surface area contributed by atoms with Gasteiger partial charge in [-0.05, 0) is 49.0 Å². The van der Waals surface area contributed by atoms with Gasteiger partial charge in [-0.3, -0.25) is 0 Å². The lowest BCUT2D eigenvalue weighted by atomic mass is 10.1. The van der Waals surface area contributed by atoms with Gasteiger partial charge < -0.3 is 10.4 Å². The molecular weight excluding hydrogens is 299 g/mol. The number of rotatable bonds is 4. The van der Waals surface area contributed by atoms with E-state index in [0.717, 1.165) is 5.56 Å². The van der Waals surface area contributed by atoms with Crippen LogP contribution in [0.15, 0.2) is 53.4 Å². The number of phenolic OH excluding ortho intramolecular Hbond substituents is 1. The fourth-order valence-corrected chi connectivity index (χ4v) is 2.47. The second kappa shape index (κ2) is 6.30. The molecule has 0 amide bonds. The number of thioether (sulfide) groups is 1. The number of para-hydroxylation sites is 1. The molecule has 0 saturated heterocycles. The molecule has 0 heterocycles. The second-order valence-electron chi connectivity index (χ2n) is 4.50. The zero-order chi connectivity index (χ0) is 15.5. The van der Waals surface area contributed by atoms with E-state index in [9.17, 15) is 18.3 Å². The Morgan fingerprint density at radius 3 is 2.24 bits per heavy atom. The first-order valence-electron chi connectivity index (χ1n) is 6.25. The standard InChI is InChI=1S/C15H14F3NOS/c1-10(13-4-2-3-5-14(13)20)19-11-6-8-12(9-7-11)21-15(16,17)18/h2-10,19-20H,1H3. The Hall–Kier alpha value is -1.82. The Morgan fingerprint density at radius 1 is 1.05 bits per heavy atom. The number of phenols is 1. The van der Waals surface area contributed by atoms with Crippen molar-refractivity contribution in [2.45, 2.75) is 23.4 Å². The van der Waals surface area contributed by atoms with Crippen LogP contribution in [0.4, 0.5) is 18.9 Å². The number of benzene rings is 2. The summed E-state index contributed by atoms with van der Waals surface area (Å²) < 4.78 is 36.7. The van der Waals surface area contributed by atoms with Crippen molar-refractivity contribution >= 4 is 17.4 Å². The van der Waals surface area contributed by atoms with Crippen LogP contribution >= 0.6 is 11.8 Å². The predicted molar refractivity (Wildman–Crippen MR) is 78.5 cm³/mol. The monoisotopic (exact) mass is 313 g/mol. The van der Waals surface area contributed by atoms with Crippen molar-refractivity contribution in [3.63, 3.8) is 0 Å². The van der Waals surface area contributed by atoms with E-state index in [1.54, 1.807) is 30.3 Å². The summed E-state index contributed by atoms with van der Waals surface area (Å²) >= 11 is -0.141. The van der Waals surface area contributed by atoms with E-state index in [1.165, 1.54) is 12.1 Å². The van der Waals surface area contributed by atoms with Crippen molar-refractivity contribution in [1.82, 2.24) is 0 Å². The van der Waals surface area contributed by atoms with Crippen LogP contribution in [0.1, 0.15) is 18.5 Å². The van der Waals surface area contributed by atoms with Gasteiger partial charge in [0, 0.05) is 16.1 Å². The van der Waals surface area contributed by atoms with Gasteiger partial charge in [0.15, 0.2) is 0 Å². The van der Waals surface area contributed by atoms with Gasteiger partial charge in [0.25, 0.3) is 0 Å². The highest BCUT2D eigenvalue weighted by Gasteiger charge is 2.29. The van der Waals surface area contributed by atoms with Crippen molar-refractivity contribution in [2.24, 2.45) is 0 Å². The number of hydrogen-bond donors (Lipinski definition) is 2. The average Bonchev–Trinajstić information content (AvgIpc) is 2.40. The topological polar surface area (TPSA) is 32.3 Å². The van der Waals surface area contributed by atoms with E-state index >= 15 is 0 Å². The molecule has 0 aliphatic rings. The molecule has 2 N–H and O–H groups in total. The molecule has 0 radical (unpaired) electrons. The Bertz CT molecular complexity index is 599. The summed E-state index contributed by atoms with van der Waals surface area (Å²) in [6.07, 6.45) is 0. The molecule has 0 aliphatic heterocycles. The first-order valence-corrected chi connectivity index (χ1v) is 7.07. The molecule has 21 heavy (non-hydrogen) atoms. The lowest BCUT2D eigenvalue weighted by molar-refractivity contribution is -0.0328. The zero-order valence-electron chi connectivity index (χ0n) is 11.2. The van der Waals surface area contributed by atoms with E-state index in [-0.39, 0.29) is 28.4 Å². The van der Waals surface area contributed by atoms with Crippen molar-refractivity contribution < 1.29 is 18.3 Å². The van der Waals surface area contributed by atoms with Gasteiger partial charge in [-0.2, -0.15) is 13.2 Å². The number of halogens is 3. The Kier molecular flexibility index (Phi) is 4.67. The summed E-state index contributed by atoms with van der Waals surface area (Å²) in [5.41, 5.74) is -2.86. The lowest BCUT2D eigenvalue weighted by Gasteiger charge is -2.17. The van der Waals surface area contributed by atoms with Gasteiger partial charge in [-0.25, -0.2) is 0 Å². The molecule has 0 aromatic heterocycles. The molecule has 1 unspecified atom stereocenters. The SMILES string of the molecule is CC(Nc1ccc(SC(F)(F)F)cc1)c1ccccc1O. The van der Waals surface area contributed by atoms with Crippen molar-refractivity contribution in [3.8, 4) is 5.75 Å². The highest BCUT2D eigenvalue weighted by molar-refractivity contribution is 8.00. The van der Waals surface area contributed by atoms with Crippen LogP contribution in [-0.2, 0) is 0 Å². The summed E-state index contributed by atoms with van der Waals surface area (Å²) in [6, 6.07) is 12.8. The van der Waals surface area contributed by atoms with Gasteiger partial charge >= 0.3 is 5.51 Å². The van der Waals surface area contributed by atoms with E-state index in [0.29, 0.717) is 5.69 Å². The van der Waals surface area contributed by atoms with Gasteiger partial charge in [-0.1, -0.05) is 18.2 Å². The largest absolute Gasteiger partial charge is 0.508 e. The Morgan fingerprint density at radius 2 is 1.67 bits per heavy atom. The Balaban J connectivity index is 2.05. The van der Waals surface area contributed by atoms with Gasteiger partial charge in [0.1, 0.15) is 5.75 Å². The van der Waals surface area contributed by atoms with Crippen molar-refractivity contribution in [2.75, 3.05) is 5.32 Å². The maximum absolute atomic E-state index is 12.2. The number of hydrogen-bond acceptors (Lipinski definition) is 3. The zero-order valence-corrected chi connectivity index (χ0v) is 12.0. The highest BCUT2D eigenvalue weighted by atomic mass is 32.2. The van der Waals surface area contributed by atoms with Crippen LogP contribution in [0.25, 0.3) is 0 Å². The third-order valence-electron chi connectivity index (χ3n) is 2.87. The molecular formula is C15H14F3NOS. The molecule has 6 heteroatoms. The smallest absolute Gasteiger partial charge is 0.446 e. The number of aromatic hydroxyl groups is 1. The van der Waals surface area contributed by atoms with E-state index in [1.807, 2.05) is 13.0 Å². The molecule has 0 spiro atoms. The maximum atomic E-state index is 12.2. The minimum absolute atomic E-state index is 0.141. The summed E-state index contributed by atoms with van der Waals surface area (Å²) in [7, 11) is 0. The molecule has 0 saturated carbocycles. The van der Waals surface area contributed by atoms with E-state index in [2.05, 4.69) is 5.32 Å². The molecule has 0 fully saturated rings. The predicted octanol–water partition coefficient (Wildman–Crippen LogP) is 5.18. The van der Waals surface area contributed by atoms with Crippen LogP contribution in [-0.4, -0.2) is 10.6 Å². The molecule has 2 aromatic carbocycles. The molecule has 112 valence electrons. The molecule has 2 aromatic rings. The van der Waals surface area contributed by atoms with Gasteiger partial charge in [0.05, 0.1) is 6.04 Å². The molecule has 0 aliphatic carbocycles. The maximum Gasteiger partial charge on any atom is 0.446 e. The van der Waals surface area contributed by atoms with Gasteiger partial charge in [-0.15, -0.1) is 0 Å². The number of nitrogens with one attached hydrogen (secondary N) is 1. The van der Waals surface area contributed by atoms with E-state index in [4.69, 9.17) is 0 Å². The van der Waals surface area contributed by atoms with Crippen LogP contribution in [0.3, 0.4) is 0 Å². The van der Waals surface area contributed by atoms with Gasteiger partial charge in [0.2, 0.25) is 0 Å². The van der Waals surface area contributed by atoms with E-state index < -0.39 is 5.51 Å². The minimum Gasteiger partial charge on any atom is -0.508 e. The quantitative estimate of drug-likeness (QED) is 0.763. The fraction of sp³-hybridized carbons (Fsp3) is 0.200.